The summed E-state index contributed by atoms with van der Waals surface area (Å²) >= 11 is 0. The third kappa shape index (κ3) is 4.43. The lowest BCUT2D eigenvalue weighted by molar-refractivity contribution is -0.137. The fourth-order valence-corrected chi connectivity index (χ4v) is 2.84. The Hall–Kier alpha value is -2.35. The third-order valence-electron chi connectivity index (χ3n) is 4.07. The highest BCUT2D eigenvalue weighted by molar-refractivity contribution is 5.72. The van der Waals surface area contributed by atoms with Crippen molar-refractivity contribution < 1.29 is 23.0 Å². The van der Waals surface area contributed by atoms with Crippen LogP contribution in [0.3, 0.4) is 0 Å². The van der Waals surface area contributed by atoms with Crippen LogP contribution in [-0.2, 0) is 23.8 Å². The second-order valence-corrected chi connectivity index (χ2v) is 5.97. The number of halogens is 3. The molecule has 0 saturated heterocycles. The van der Waals surface area contributed by atoms with Crippen molar-refractivity contribution in [3.8, 4) is 17.0 Å². The summed E-state index contributed by atoms with van der Waals surface area (Å²) in [5.74, 6) is -0.191. The molecule has 2 aromatic rings. The van der Waals surface area contributed by atoms with E-state index in [0.717, 1.165) is 23.6 Å². The van der Waals surface area contributed by atoms with Gasteiger partial charge in [-0.3, -0.25) is 0 Å². The van der Waals surface area contributed by atoms with Crippen LogP contribution < -0.4 is 5.73 Å². The number of ether oxygens (including phenoxy) is 1. The van der Waals surface area contributed by atoms with Crippen molar-refractivity contribution in [3.63, 3.8) is 0 Å². The van der Waals surface area contributed by atoms with Gasteiger partial charge < -0.3 is 15.6 Å². The molecule has 26 heavy (non-hydrogen) atoms. The molecule has 3 N–H and O–H groups in total. The SMILES string of the molecule is CCCc1c(N)nnc(-c2ccc(C(F)(F)F)cc2O)c1CCCOC. The number of benzene rings is 1. The maximum Gasteiger partial charge on any atom is 0.416 e. The lowest BCUT2D eigenvalue weighted by Gasteiger charge is -2.16. The molecule has 1 heterocycles. The van der Waals surface area contributed by atoms with E-state index in [0.29, 0.717) is 43.4 Å². The van der Waals surface area contributed by atoms with E-state index in [2.05, 4.69) is 10.2 Å². The number of anilines is 1. The van der Waals surface area contributed by atoms with Crippen LogP contribution >= 0.6 is 0 Å². The molecule has 0 amide bonds. The number of nitrogens with two attached hydrogens (primary N) is 1. The predicted molar refractivity (Wildman–Crippen MR) is 92.7 cm³/mol. The zero-order valence-electron chi connectivity index (χ0n) is 14.7. The Morgan fingerprint density at radius 3 is 2.46 bits per heavy atom. The van der Waals surface area contributed by atoms with E-state index in [-0.39, 0.29) is 5.56 Å². The molecule has 0 radical (unpaired) electrons. The number of phenols is 1. The van der Waals surface area contributed by atoms with Crippen LogP contribution in [0.25, 0.3) is 11.3 Å². The maximum absolute atomic E-state index is 12.8. The number of hydrogen-bond donors (Lipinski definition) is 2. The lowest BCUT2D eigenvalue weighted by Crippen LogP contribution is -2.09. The van der Waals surface area contributed by atoms with Crippen LogP contribution in [0.4, 0.5) is 19.0 Å². The molecular formula is C18H22F3N3O2. The van der Waals surface area contributed by atoms with Gasteiger partial charge in [0.15, 0.2) is 0 Å². The van der Waals surface area contributed by atoms with E-state index >= 15 is 0 Å². The zero-order valence-corrected chi connectivity index (χ0v) is 14.7. The highest BCUT2D eigenvalue weighted by Gasteiger charge is 2.31. The standard InChI is InChI=1S/C18H22F3N3O2/c1-3-5-13-12(6-4-9-26-2)16(23-24-17(13)22)14-8-7-11(10-15(14)25)18(19,20)21/h7-8,10,25H,3-6,9H2,1-2H3,(H2,22,24). The summed E-state index contributed by atoms with van der Waals surface area (Å²) in [6.07, 6.45) is -1.79. The van der Waals surface area contributed by atoms with Gasteiger partial charge in [0.25, 0.3) is 0 Å². The zero-order chi connectivity index (χ0) is 19.3. The summed E-state index contributed by atoms with van der Waals surface area (Å²) in [6, 6.07) is 2.84. The Kier molecular flexibility index (Phi) is 6.42. The van der Waals surface area contributed by atoms with E-state index in [1.54, 1.807) is 7.11 Å². The molecule has 0 atom stereocenters. The van der Waals surface area contributed by atoms with Gasteiger partial charge >= 0.3 is 6.18 Å². The van der Waals surface area contributed by atoms with E-state index in [9.17, 15) is 18.3 Å². The Labute approximate surface area is 150 Å². The molecule has 8 heteroatoms. The Morgan fingerprint density at radius 1 is 1.15 bits per heavy atom. The van der Waals surface area contributed by atoms with Crippen LogP contribution in [0, 0.1) is 0 Å². The number of nitrogen functional groups attached to an aromatic ring is 1. The van der Waals surface area contributed by atoms with Gasteiger partial charge in [0.1, 0.15) is 17.3 Å². The van der Waals surface area contributed by atoms with Crippen molar-refractivity contribution in [2.75, 3.05) is 19.5 Å². The minimum absolute atomic E-state index is 0.204. The molecule has 0 fully saturated rings. The summed E-state index contributed by atoms with van der Waals surface area (Å²) in [7, 11) is 1.59. The third-order valence-corrected chi connectivity index (χ3v) is 4.07. The van der Waals surface area contributed by atoms with Crippen molar-refractivity contribution in [1.82, 2.24) is 10.2 Å². The first-order chi connectivity index (χ1) is 12.3. The van der Waals surface area contributed by atoms with Crippen molar-refractivity contribution in [2.24, 2.45) is 0 Å². The molecule has 2 rings (SSSR count). The summed E-state index contributed by atoms with van der Waals surface area (Å²) in [6.45, 7) is 2.51. The average molecular weight is 369 g/mol. The second-order valence-electron chi connectivity index (χ2n) is 5.97. The number of aromatic hydroxyl groups is 1. The molecule has 142 valence electrons. The molecule has 0 saturated carbocycles. The van der Waals surface area contributed by atoms with Crippen LogP contribution in [0.1, 0.15) is 36.5 Å². The first-order valence-electron chi connectivity index (χ1n) is 8.33. The Morgan fingerprint density at radius 2 is 1.88 bits per heavy atom. The highest BCUT2D eigenvalue weighted by Crippen LogP contribution is 2.38. The van der Waals surface area contributed by atoms with Crippen LogP contribution in [0.15, 0.2) is 18.2 Å². The lowest BCUT2D eigenvalue weighted by atomic mass is 9.94. The van der Waals surface area contributed by atoms with Gasteiger partial charge in [0.2, 0.25) is 0 Å². The quantitative estimate of drug-likeness (QED) is 0.722. The average Bonchev–Trinajstić information content (AvgIpc) is 2.57. The smallest absolute Gasteiger partial charge is 0.416 e. The molecular weight excluding hydrogens is 347 g/mol. The van der Waals surface area contributed by atoms with Crippen LogP contribution in [0.5, 0.6) is 5.75 Å². The van der Waals surface area contributed by atoms with Gasteiger partial charge in [0.05, 0.1) is 5.56 Å². The first-order valence-corrected chi connectivity index (χ1v) is 8.33. The fraction of sp³-hybridized carbons (Fsp3) is 0.444. The van der Waals surface area contributed by atoms with Crippen molar-refractivity contribution in [3.05, 3.63) is 34.9 Å². The first kappa shape index (κ1) is 20.0. The molecule has 0 aliphatic carbocycles. The summed E-state index contributed by atoms with van der Waals surface area (Å²) in [5.41, 5.74) is 7.19. The number of alkyl halides is 3. The largest absolute Gasteiger partial charge is 0.507 e. The fourth-order valence-electron chi connectivity index (χ4n) is 2.84. The van der Waals surface area contributed by atoms with Gasteiger partial charge in [-0.25, -0.2) is 0 Å². The summed E-state index contributed by atoms with van der Waals surface area (Å²) in [5, 5.41) is 18.2. The molecule has 0 aliphatic heterocycles. The number of methoxy groups -OCH3 is 1. The number of aromatic nitrogens is 2. The maximum atomic E-state index is 12.8. The Balaban J connectivity index is 2.55. The van der Waals surface area contributed by atoms with Crippen LogP contribution in [0.2, 0.25) is 0 Å². The van der Waals surface area contributed by atoms with Gasteiger partial charge in [-0.1, -0.05) is 13.3 Å². The van der Waals surface area contributed by atoms with E-state index in [4.69, 9.17) is 10.5 Å². The predicted octanol–water partition coefficient (Wildman–Crippen LogP) is 3.98. The summed E-state index contributed by atoms with van der Waals surface area (Å²) < 4.78 is 43.6. The topological polar surface area (TPSA) is 81.3 Å². The molecule has 1 aromatic heterocycles. The number of nitrogens with zero attached hydrogens (tertiary/aromatic N) is 2. The number of rotatable bonds is 7. The Bertz CT molecular complexity index is 764. The molecule has 0 aliphatic rings. The second kappa shape index (κ2) is 8.35. The summed E-state index contributed by atoms with van der Waals surface area (Å²) in [4.78, 5) is 0. The van der Waals surface area contributed by atoms with E-state index in [1.165, 1.54) is 6.07 Å². The number of phenolic OH excluding ortho intramolecular Hbond substituents is 1. The van der Waals surface area contributed by atoms with Crippen molar-refractivity contribution in [2.45, 2.75) is 38.8 Å². The minimum Gasteiger partial charge on any atom is -0.507 e. The molecule has 5 nitrogen and oxygen atoms in total. The molecule has 1 aromatic carbocycles. The van der Waals surface area contributed by atoms with Gasteiger partial charge in [0, 0.05) is 24.8 Å². The van der Waals surface area contributed by atoms with Crippen molar-refractivity contribution in [1.29, 1.82) is 0 Å². The molecule has 0 unspecified atom stereocenters. The molecule has 0 spiro atoms. The van der Waals surface area contributed by atoms with E-state index in [1.807, 2.05) is 6.92 Å². The van der Waals surface area contributed by atoms with E-state index < -0.39 is 17.5 Å². The van der Waals surface area contributed by atoms with Gasteiger partial charge in [-0.05, 0) is 43.0 Å². The van der Waals surface area contributed by atoms with Gasteiger partial charge in [-0.15, -0.1) is 10.2 Å². The number of hydrogen-bond acceptors (Lipinski definition) is 5. The van der Waals surface area contributed by atoms with Crippen LogP contribution in [-0.4, -0.2) is 29.0 Å². The molecule has 0 bridgehead atoms. The highest BCUT2D eigenvalue weighted by atomic mass is 19.4. The van der Waals surface area contributed by atoms with Crippen molar-refractivity contribution >= 4 is 5.82 Å². The normalized spacial score (nSPS) is 11.7. The van der Waals surface area contributed by atoms with Gasteiger partial charge in [-0.2, -0.15) is 13.2 Å². The minimum atomic E-state index is -4.53. The monoisotopic (exact) mass is 369 g/mol.